The third-order valence-corrected chi connectivity index (χ3v) is 7.48. The molecule has 1 aromatic carbocycles. The zero-order chi connectivity index (χ0) is 24.3. The summed E-state index contributed by atoms with van der Waals surface area (Å²) >= 11 is 1.89. The predicted molar refractivity (Wildman–Crippen MR) is 129 cm³/mol. The van der Waals surface area contributed by atoms with Crippen LogP contribution in [0.15, 0.2) is 24.3 Å². The number of urea groups is 1. The van der Waals surface area contributed by atoms with Crippen molar-refractivity contribution in [1.29, 1.82) is 0 Å². The summed E-state index contributed by atoms with van der Waals surface area (Å²) in [5.74, 6) is 0.637. The molecule has 0 bridgehead atoms. The van der Waals surface area contributed by atoms with Gasteiger partial charge in [0.1, 0.15) is 5.75 Å². The molecule has 2 fully saturated rings. The van der Waals surface area contributed by atoms with Gasteiger partial charge in [0, 0.05) is 30.4 Å². The molecule has 0 radical (unpaired) electrons. The van der Waals surface area contributed by atoms with Crippen molar-refractivity contribution in [1.82, 2.24) is 16.0 Å². The minimum Gasteiger partial charge on any atom is -0.465 e. The number of hydrogen-bond donors (Lipinski definition) is 3. The molecule has 34 heavy (non-hydrogen) atoms. The van der Waals surface area contributed by atoms with E-state index in [4.69, 9.17) is 4.74 Å². The molecule has 9 nitrogen and oxygen atoms in total. The summed E-state index contributed by atoms with van der Waals surface area (Å²) in [4.78, 5) is 46.8. The number of ether oxygens (including phenoxy) is 2. The number of fused-ring (bicyclic) bond motifs is 1. The van der Waals surface area contributed by atoms with Crippen LogP contribution in [0, 0.1) is 0 Å². The summed E-state index contributed by atoms with van der Waals surface area (Å²) in [5, 5.41) is 9.30. The molecular weight excluding hydrogens is 458 g/mol. The van der Waals surface area contributed by atoms with Gasteiger partial charge in [-0.05, 0) is 49.9 Å². The van der Waals surface area contributed by atoms with Crippen molar-refractivity contribution < 1.29 is 28.7 Å². The molecule has 2 aliphatic rings. The van der Waals surface area contributed by atoms with Crippen LogP contribution in [-0.4, -0.2) is 60.6 Å². The highest BCUT2D eigenvalue weighted by molar-refractivity contribution is 8.00. The number of benzene rings is 1. The Hall–Kier alpha value is -2.75. The Kier molecular flexibility index (Phi) is 10.1. The van der Waals surface area contributed by atoms with Gasteiger partial charge in [-0.15, -0.1) is 0 Å². The molecular formula is C24H33N3O6S. The Balaban J connectivity index is 1.16. The molecule has 3 amide bonds. The lowest BCUT2D eigenvalue weighted by Crippen LogP contribution is -2.36. The maximum Gasteiger partial charge on any atom is 0.337 e. The predicted octanol–water partition coefficient (Wildman–Crippen LogP) is 2.78. The molecule has 10 heteroatoms. The summed E-state index contributed by atoms with van der Waals surface area (Å²) in [6, 6.07) is 6.62. The molecule has 0 aliphatic carbocycles. The normalized spacial score (nSPS) is 20.7. The second-order valence-corrected chi connectivity index (χ2v) is 9.79. The summed E-state index contributed by atoms with van der Waals surface area (Å²) in [6.45, 7) is 0.600. The zero-order valence-electron chi connectivity index (χ0n) is 19.5. The zero-order valence-corrected chi connectivity index (χ0v) is 20.3. The largest absolute Gasteiger partial charge is 0.465 e. The molecule has 0 aromatic heterocycles. The quantitative estimate of drug-likeness (QED) is 0.168. The van der Waals surface area contributed by atoms with Crippen LogP contribution in [0.4, 0.5) is 4.79 Å². The minimum absolute atomic E-state index is 0.0580. The number of amides is 3. The highest BCUT2D eigenvalue weighted by Crippen LogP contribution is 2.33. The molecule has 2 aliphatic heterocycles. The number of carbonyl (C=O) groups is 4. The van der Waals surface area contributed by atoms with Gasteiger partial charge in [-0.25, -0.2) is 9.59 Å². The Bertz CT molecular complexity index is 863. The molecule has 3 N–H and O–H groups in total. The first-order valence-corrected chi connectivity index (χ1v) is 12.9. The van der Waals surface area contributed by atoms with Gasteiger partial charge >= 0.3 is 18.0 Å². The van der Waals surface area contributed by atoms with Gasteiger partial charge in [-0.1, -0.05) is 12.8 Å². The van der Waals surface area contributed by atoms with Crippen LogP contribution < -0.4 is 20.7 Å². The number of nitrogens with one attached hydrogen (secondary N) is 3. The van der Waals surface area contributed by atoms with Crippen molar-refractivity contribution in [3.05, 3.63) is 29.8 Å². The first-order chi connectivity index (χ1) is 16.5. The van der Waals surface area contributed by atoms with Crippen LogP contribution in [-0.2, 0) is 14.3 Å². The van der Waals surface area contributed by atoms with Crippen molar-refractivity contribution in [3.63, 3.8) is 0 Å². The topological polar surface area (TPSA) is 123 Å². The third-order valence-electron chi connectivity index (χ3n) is 5.97. The number of methoxy groups -OCH3 is 1. The molecule has 0 saturated carbocycles. The lowest BCUT2D eigenvalue weighted by atomic mass is 10.0. The summed E-state index contributed by atoms with van der Waals surface area (Å²) in [7, 11) is 1.31. The van der Waals surface area contributed by atoms with Crippen LogP contribution in [0.5, 0.6) is 5.75 Å². The fraction of sp³-hybridized carbons (Fsp3) is 0.583. The lowest BCUT2D eigenvalue weighted by Gasteiger charge is -2.16. The number of rotatable bonds is 13. The fourth-order valence-electron chi connectivity index (χ4n) is 4.12. The fourth-order valence-corrected chi connectivity index (χ4v) is 5.66. The van der Waals surface area contributed by atoms with E-state index in [1.807, 2.05) is 11.8 Å². The smallest absolute Gasteiger partial charge is 0.337 e. The van der Waals surface area contributed by atoms with Crippen molar-refractivity contribution in [2.24, 2.45) is 0 Å². The molecule has 2 saturated heterocycles. The SMILES string of the molecule is COC(=O)c1ccc(OC(=O)CCCCCNC(=O)CCCC[C@@H]2SC[C@@H]3NC(=O)N[C@@H]32)cc1. The van der Waals surface area contributed by atoms with Gasteiger partial charge in [-0.3, -0.25) is 9.59 Å². The molecule has 0 unspecified atom stereocenters. The van der Waals surface area contributed by atoms with E-state index in [9.17, 15) is 19.2 Å². The maximum absolute atomic E-state index is 12.0. The Morgan fingerprint density at radius 3 is 2.56 bits per heavy atom. The van der Waals surface area contributed by atoms with Gasteiger partial charge in [0.15, 0.2) is 0 Å². The standard InChI is InChI=1S/C24H33N3O6S/c1-32-23(30)16-10-12-17(13-11-16)33-21(29)9-3-2-6-14-25-20(28)8-5-4-7-19-22-18(15-34-19)26-24(31)27-22/h10-13,18-19,22H,2-9,14-15H2,1H3,(H,25,28)(H2,26,27,31)/t18-,19-,22-/m0/s1. The maximum atomic E-state index is 12.0. The van der Waals surface area contributed by atoms with E-state index in [1.165, 1.54) is 7.11 Å². The van der Waals surface area contributed by atoms with Crippen molar-refractivity contribution in [2.45, 2.75) is 68.7 Å². The van der Waals surface area contributed by atoms with E-state index in [2.05, 4.69) is 20.7 Å². The van der Waals surface area contributed by atoms with E-state index in [0.29, 0.717) is 42.4 Å². The Morgan fingerprint density at radius 2 is 1.79 bits per heavy atom. The van der Waals surface area contributed by atoms with E-state index in [0.717, 1.165) is 37.9 Å². The number of carbonyl (C=O) groups excluding carboxylic acids is 4. The number of esters is 2. The second kappa shape index (κ2) is 13.2. The van der Waals surface area contributed by atoms with E-state index in [-0.39, 0.29) is 30.0 Å². The highest BCUT2D eigenvalue weighted by Gasteiger charge is 2.42. The average Bonchev–Trinajstić information content (AvgIpc) is 3.38. The van der Waals surface area contributed by atoms with Crippen LogP contribution >= 0.6 is 11.8 Å². The summed E-state index contributed by atoms with van der Waals surface area (Å²) in [5.41, 5.74) is 0.395. The molecule has 2 heterocycles. The van der Waals surface area contributed by atoms with Crippen LogP contribution in [0.2, 0.25) is 0 Å². The van der Waals surface area contributed by atoms with Crippen LogP contribution in [0.25, 0.3) is 0 Å². The average molecular weight is 492 g/mol. The van der Waals surface area contributed by atoms with Gasteiger partial charge in [-0.2, -0.15) is 11.8 Å². The molecule has 3 atom stereocenters. The van der Waals surface area contributed by atoms with Gasteiger partial charge in [0.2, 0.25) is 5.91 Å². The Morgan fingerprint density at radius 1 is 1.03 bits per heavy atom. The third kappa shape index (κ3) is 7.93. The number of hydrogen-bond acceptors (Lipinski definition) is 7. The van der Waals surface area contributed by atoms with E-state index >= 15 is 0 Å². The molecule has 3 rings (SSSR count). The highest BCUT2D eigenvalue weighted by atomic mass is 32.2. The first kappa shape index (κ1) is 25.9. The second-order valence-electron chi connectivity index (χ2n) is 8.52. The van der Waals surface area contributed by atoms with Gasteiger partial charge in [0.25, 0.3) is 0 Å². The molecule has 1 aromatic rings. The number of unbranched alkanes of at least 4 members (excludes halogenated alkanes) is 3. The first-order valence-electron chi connectivity index (χ1n) is 11.8. The molecule has 0 spiro atoms. The van der Waals surface area contributed by atoms with Crippen molar-refractivity contribution in [3.8, 4) is 5.75 Å². The minimum atomic E-state index is -0.441. The van der Waals surface area contributed by atoms with Crippen molar-refractivity contribution in [2.75, 3.05) is 19.4 Å². The van der Waals surface area contributed by atoms with Gasteiger partial charge in [0.05, 0.1) is 24.8 Å². The van der Waals surface area contributed by atoms with Gasteiger partial charge < -0.3 is 25.4 Å². The monoisotopic (exact) mass is 491 g/mol. The lowest BCUT2D eigenvalue weighted by molar-refractivity contribution is -0.134. The summed E-state index contributed by atoms with van der Waals surface area (Å²) < 4.78 is 9.89. The van der Waals surface area contributed by atoms with Crippen LogP contribution in [0.3, 0.4) is 0 Å². The molecule has 186 valence electrons. The van der Waals surface area contributed by atoms with E-state index in [1.54, 1.807) is 24.3 Å². The summed E-state index contributed by atoms with van der Waals surface area (Å²) in [6.07, 6.45) is 5.93. The van der Waals surface area contributed by atoms with E-state index < -0.39 is 5.97 Å². The van der Waals surface area contributed by atoms with Crippen molar-refractivity contribution >= 4 is 35.6 Å². The number of thioether (sulfide) groups is 1. The Labute approximate surface area is 204 Å². The van der Waals surface area contributed by atoms with Crippen LogP contribution in [0.1, 0.15) is 61.7 Å².